The van der Waals surface area contributed by atoms with E-state index >= 15 is 0 Å². The molecule has 88 valence electrons. The summed E-state index contributed by atoms with van der Waals surface area (Å²) in [5, 5.41) is 3.51. The van der Waals surface area contributed by atoms with Crippen LogP contribution in [-0.4, -0.2) is 33.9 Å². The molecule has 0 atom stereocenters. The van der Waals surface area contributed by atoms with Crippen LogP contribution in [0.3, 0.4) is 0 Å². The molecule has 0 saturated heterocycles. The summed E-state index contributed by atoms with van der Waals surface area (Å²) in [6.45, 7) is 2.77. The minimum atomic E-state index is 0.764. The quantitative estimate of drug-likeness (QED) is 0.841. The van der Waals surface area contributed by atoms with E-state index < -0.39 is 0 Å². The maximum atomic E-state index is 5.12. The third-order valence-electron chi connectivity index (χ3n) is 3.10. The molecule has 0 radical (unpaired) electrons. The normalized spacial score (nSPS) is 14.1. The molecule has 0 saturated carbocycles. The zero-order valence-electron chi connectivity index (χ0n) is 10.1. The molecule has 0 unspecified atom stereocenters. The maximum Gasteiger partial charge on any atom is 0.0637 e. The fraction of sp³-hybridized carbons (Fsp3) is 0.538. The molecule has 1 aromatic carbocycles. The first-order valence-electron chi connectivity index (χ1n) is 5.89. The molecular formula is C13H20N2O. The van der Waals surface area contributed by atoms with E-state index in [2.05, 4.69) is 35.5 Å². The molecule has 0 spiro atoms. The first-order chi connectivity index (χ1) is 7.83. The molecular weight excluding hydrogens is 200 g/mol. The predicted molar refractivity (Wildman–Crippen MR) is 68.4 cm³/mol. The average Bonchev–Trinajstić information content (AvgIpc) is 2.35. The van der Waals surface area contributed by atoms with Gasteiger partial charge in [0.05, 0.1) is 18.0 Å². The van der Waals surface area contributed by atoms with E-state index in [1.165, 1.54) is 29.8 Å². The molecule has 1 aromatic rings. The number of ether oxygens (including phenoxy) is 1. The van der Waals surface area contributed by atoms with Crippen LogP contribution in [0.5, 0.6) is 0 Å². The molecule has 3 heteroatoms. The minimum Gasteiger partial charge on any atom is -0.383 e. The van der Waals surface area contributed by atoms with Gasteiger partial charge in [-0.2, -0.15) is 0 Å². The summed E-state index contributed by atoms with van der Waals surface area (Å²) in [5.41, 5.74) is 4.04. The zero-order valence-corrected chi connectivity index (χ0v) is 10.1. The summed E-state index contributed by atoms with van der Waals surface area (Å²) in [4.78, 5) is 2.25. The fourth-order valence-corrected chi connectivity index (χ4v) is 2.16. The monoisotopic (exact) mass is 220 g/mol. The molecule has 1 heterocycles. The van der Waals surface area contributed by atoms with Crippen molar-refractivity contribution < 1.29 is 4.74 Å². The second-order valence-corrected chi connectivity index (χ2v) is 4.26. The number of nitrogens with one attached hydrogen (secondary N) is 1. The molecule has 0 aromatic heterocycles. The average molecular weight is 220 g/mol. The van der Waals surface area contributed by atoms with Crippen LogP contribution in [0.4, 0.5) is 11.4 Å². The lowest BCUT2D eigenvalue weighted by molar-refractivity contribution is 0.206. The number of hydrogen-bond acceptors (Lipinski definition) is 3. The molecule has 1 aliphatic heterocycles. The highest BCUT2D eigenvalue weighted by molar-refractivity contribution is 5.74. The van der Waals surface area contributed by atoms with Gasteiger partial charge in [-0.25, -0.2) is 0 Å². The Morgan fingerprint density at radius 1 is 1.44 bits per heavy atom. The summed E-state index contributed by atoms with van der Waals surface area (Å²) >= 11 is 0. The summed E-state index contributed by atoms with van der Waals surface area (Å²) in [6, 6.07) is 6.53. The molecule has 3 nitrogen and oxygen atoms in total. The number of aryl methyl sites for hydroxylation is 1. The van der Waals surface area contributed by atoms with Gasteiger partial charge in [0.15, 0.2) is 0 Å². The Kier molecular flexibility index (Phi) is 3.67. The van der Waals surface area contributed by atoms with Crippen molar-refractivity contribution in [3.05, 3.63) is 23.8 Å². The molecule has 0 bridgehead atoms. The number of likely N-dealkylation sites (N-methyl/N-ethyl adjacent to an activating group) is 1. The second kappa shape index (κ2) is 5.21. The first kappa shape index (κ1) is 11.3. The van der Waals surface area contributed by atoms with Gasteiger partial charge in [-0.15, -0.1) is 0 Å². The highest BCUT2D eigenvalue weighted by atomic mass is 16.5. The summed E-state index contributed by atoms with van der Waals surface area (Å²) in [7, 11) is 3.86. The zero-order chi connectivity index (χ0) is 11.4. The van der Waals surface area contributed by atoms with Crippen LogP contribution in [-0.2, 0) is 11.2 Å². The van der Waals surface area contributed by atoms with Gasteiger partial charge in [-0.3, -0.25) is 0 Å². The predicted octanol–water partition coefficient (Wildman–Crippen LogP) is 2.13. The number of para-hydroxylation sites is 1. The lowest BCUT2D eigenvalue weighted by atomic mass is 10.0. The van der Waals surface area contributed by atoms with Gasteiger partial charge >= 0.3 is 0 Å². The van der Waals surface area contributed by atoms with E-state index in [9.17, 15) is 0 Å². The third-order valence-corrected chi connectivity index (χ3v) is 3.10. The first-order valence-corrected chi connectivity index (χ1v) is 5.89. The summed E-state index contributed by atoms with van der Waals surface area (Å²) in [5.74, 6) is 0. The van der Waals surface area contributed by atoms with Gasteiger partial charge in [0.25, 0.3) is 0 Å². The Morgan fingerprint density at radius 2 is 2.31 bits per heavy atom. The van der Waals surface area contributed by atoms with Crippen LogP contribution in [0.25, 0.3) is 0 Å². The van der Waals surface area contributed by atoms with Crippen LogP contribution in [0.15, 0.2) is 18.2 Å². The smallest absolute Gasteiger partial charge is 0.0637 e. The van der Waals surface area contributed by atoms with Crippen LogP contribution >= 0.6 is 0 Å². The van der Waals surface area contributed by atoms with Crippen molar-refractivity contribution in [1.82, 2.24) is 0 Å². The highest BCUT2D eigenvalue weighted by Crippen LogP contribution is 2.32. The summed E-state index contributed by atoms with van der Waals surface area (Å²) < 4.78 is 5.12. The lowest BCUT2D eigenvalue weighted by Gasteiger charge is -2.27. The van der Waals surface area contributed by atoms with E-state index in [1.54, 1.807) is 7.11 Å². The number of rotatable bonds is 4. The van der Waals surface area contributed by atoms with Crippen molar-refractivity contribution in [2.75, 3.05) is 44.1 Å². The number of fused-ring (bicyclic) bond motifs is 1. The van der Waals surface area contributed by atoms with Crippen molar-refractivity contribution in [2.24, 2.45) is 0 Å². The molecule has 16 heavy (non-hydrogen) atoms. The maximum absolute atomic E-state index is 5.12. The van der Waals surface area contributed by atoms with Crippen molar-refractivity contribution in [2.45, 2.75) is 12.8 Å². The minimum absolute atomic E-state index is 0.764. The van der Waals surface area contributed by atoms with Crippen LogP contribution in [0.1, 0.15) is 12.0 Å². The van der Waals surface area contributed by atoms with E-state index in [4.69, 9.17) is 4.74 Å². The largest absolute Gasteiger partial charge is 0.383 e. The van der Waals surface area contributed by atoms with Gasteiger partial charge in [0.1, 0.15) is 0 Å². The van der Waals surface area contributed by atoms with Gasteiger partial charge in [-0.1, -0.05) is 12.1 Å². The Labute approximate surface area is 97.4 Å². The number of anilines is 2. The lowest BCUT2D eigenvalue weighted by Crippen LogP contribution is -2.24. The Hall–Kier alpha value is -1.22. The molecule has 2 rings (SSSR count). The molecule has 1 N–H and O–H groups in total. The third kappa shape index (κ3) is 2.30. The molecule has 0 amide bonds. The molecule has 0 fully saturated rings. The van der Waals surface area contributed by atoms with Crippen molar-refractivity contribution in [3.8, 4) is 0 Å². The van der Waals surface area contributed by atoms with Crippen LogP contribution in [0, 0.1) is 0 Å². The van der Waals surface area contributed by atoms with Crippen LogP contribution in [0.2, 0.25) is 0 Å². The standard InChI is InChI=1S/C13H20N2O/c1-15(9-10-16-2)12-7-3-5-11-6-4-8-14-13(11)12/h3,5,7,14H,4,6,8-10H2,1-2H3. The topological polar surface area (TPSA) is 24.5 Å². The van der Waals surface area contributed by atoms with Crippen LogP contribution < -0.4 is 10.2 Å². The Bertz CT molecular complexity index is 352. The molecule has 1 aliphatic rings. The summed E-state index contributed by atoms with van der Waals surface area (Å²) in [6.07, 6.45) is 2.42. The Balaban J connectivity index is 2.19. The number of hydrogen-bond donors (Lipinski definition) is 1. The van der Waals surface area contributed by atoms with Gasteiger partial charge in [0.2, 0.25) is 0 Å². The SMILES string of the molecule is COCCN(C)c1cccc2c1NCCC2. The van der Waals surface area contributed by atoms with Crippen molar-refractivity contribution in [1.29, 1.82) is 0 Å². The van der Waals surface area contributed by atoms with Gasteiger partial charge in [0, 0.05) is 27.2 Å². The Morgan fingerprint density at radius 3 is 3.12 bits per heavy atom. The van der Waals surface area contributed by atoms with E-state index in [-0.39, 0.29) is 0 Å². The highest BCUT2D eigenvalue weighted by Gasteiger charge is 2.14. The number of benzene rings is 1. The number of nitrogens with zero attached hydrogens (tertiary/aromatic N) is 1. The number of methoxy groups -OCH3 is 1. The van der Waals surface area contributed by atoms with Crippen molar-refractivity contribution >= 4 is 11.4 Å². The van der Waals surface area contributed by atoms with Gasteiger partial charge < -0.3 is 15.0 Å². The van der Waals surface area contributed by atoms with E-state index in [1.807, 2.05) is 0 Å². The van der Waals surface area contributed by atoms with Crippen molar-refractivity contribution in [3.63, 3.8) is 0 Å². The van der Waals surface area contributed by atoms with E-state index in [0.717, 1.165) is 19.7 Å². The van der Waals surface area contributed by atoms with E-state index in [0.29, 0.717) is 0 Å². The second-order valence-electron chi connectivity index (χ2n) is 4.26. The molecule has 0 aliphatic carbocycles. The fourth-order valence-electron chi connectivity index (χ4n) is 2.16. The van der Waals surface area contributed by atoms with Gasteiger partial charge in [-0.05, 0) is 24.5 Å².